The molecule has 0 unspecified atom stereocenters. The summed E-state index contributed by atoms with van der Waals surface area (Å²) >= 11 is 8.30. The van der Waals surface area contributed by atoms with Gasteiger partial charge in [-0.2, -0.15) is 0 Å². The summed E-state index contributed by atoms with van der Waals surface area (Å²) in [5, 5.41) is 3.76. The van der Waals surface area contributed by atoms with Crippen LogP contribution in [0.4, 0.5) is 5.82 Å². The van der Waals surface area contributed by atoms with E-state index < -0.39 is 0 Å². The third kappa shape index (κ3) is 3.58. The van der Waals surface area contributed by atoms with Crippen molar-refractivity contribution in [2.24, 2.45) is 0 Å². The number of anilines is 1. The second-order valence-electron chi connectivity index (χ2n) is 4.50. The summed E-state index contributed by atoms with van der Waals surface area (Å²) in [6.07, 6.45) is 1.95. The molecule has 0 spiro atoms. The zero-order chi connectivity index (χ0) is 15.4. The molecule has 0 radical (unpaired) electrons. The predicted molar refractivity (Wildman–Crippen MR) is 95.3 cm³/mol. The molecule has 0 aliphatic rings. The van der Waals surface area contributed by atoms with E-state index in [2.05, 4.69) is 39.8 Å². The highest BCUT2D eigenvalue weighted by atomic mass is 127. The molecular formula is C15H17ClIN3O. The zero-order valence-corrected chi connectivity index (χ0v) is 15.1. The Morgan fingerprint density at radius 3 is 2.71 bits per heavy atom. The van der Waals surface area contributed by atoms with Gasteiger partial charge in [0, 0.05) is 12.1 Å². The average Bonchev–Trinajstić information content (AvgIpc) is 2.49. The Morgan fingerprint density at radius 2 is 2.10 bits per heavy atom. The van der Waals surface area contributed by atoms with E-state index >= 15 is 0 Å². The van der Waals surface area contributed by atoms with Crippen molar-refractivity contribution >= 4 is 40.0 Å². The monoisotopic (exact) mass is 417 g/mol. The molecule has 0 aliphatic heterocycles. The zero-order valence-electron chi connectivity index (χ0n) is 12.2. The summed E-state index contributed by atoms with van der Waals surface area (Å²) in [7, 11) is 3.48. The molecule has 1 N–H and O–H groups in total. The first-order valence-electron chi connectivity index (χ1n) is 6.68. The molecule has 0 saturated heterocycles. The van der Waals surface area contributed by atoms with Gasteiger partial charge in [0.05, 0.1) is 21.9 Å². The smallest absolute Gasteiger partial charge is 0.165 e. The van der Waals surface area contributed by atoms with Gasteiger partial charge in [0.15, 0.2) is 5.82 Å². The van der Waals surface area contributed by atoms with Crippen molar-refractivity contribution in [1.29, 1.82) is 0 Å². The molecule has 2 rings (SSSR count). The molecule has 4 nitrogen and oxygen atoms in total. The van der Waals surface area contributed by atoms with Crippen molar-refractivity contribution in [1.82, 2.24) is 9.97 Å². The molecule has 0 bridgehead atoms. The van der Waals surface area contributed by atoms with Gasteiger partial charge in [-0.3, -0.25) is 0 Å². The maximum atomic E-state index is 6.01. The van der Waals surface area contributed by atoms with Gasteiger partial charge in [-0.05, 0) is 47.2 Å². The SMILES string of the molecule is CCCc1nc(-c2ccc(Cl)cc2OC)nc(NC)c1I. The van der Waals surface area contributed by atoms with E-state index in [1.807, 2.05) is 19.2 Å². The van der Waals surface area contributed by atoms with Crippen LogP contribution in [0, 0.1) is 3.57 Å². The van der Waals surface area contributed by atoms with Crippen LogP contribution in [-0.2, 0) is 6.42 Å². The highest BCUT2D eigenvalue weighted by molar-refractivity contribution is 14.1. The van der Waals surface area contributed by atoms with Crippen molar-refractivity contribution in [2.45, 2.75) is 19.8 Å². The Balaban J connectivity index is 2.60. The van der Waals surface area contributed by atoms with E-state index in [4.69, 9.17) is 21.3 Å². The Kier molecular flexibility index (Phi) is 5.64. The number of halogens is 2. The second-order valence-corrected chi connectivity index (χ2v) is 6.02. The van der Waals surface area contributed by atoms with Gasteiger partial charge in [0.2, 0.25) is 0 Å². The number of hydrogen-bond acceptors (Lipinski definition) is 4. The molecule has 2 aromatic rings. The van der Waals surface area contributed by atoms with Crippen molar-refractivity contribution in [3.63, 3.8) is 0 Å². The fraction of sp³-hybridized carbons (Fsp3) is 0.333. The van der Waals surface area contributed by atoms with Gasteiger partial charge in [-0.25, -0.2) is 9.97 Å². The van der Waals surface area contributed by atoms with Crippen molar-refractivity contribution in [3.05, 3.63) is 32.5 Å². The number of methoxy groups -OCH3 is 1. The lowest BCUT2D eigenvalue weighted by atomic mass is 10.1. The maximum absolute atomic E-state index is 6.01. The quantitative estimate of drug-likeness (QED) is 0.732. The third-order valence-corrected chi connectivity index (χ3v) is 4.42. The van der Waals surface area contributed by atoms with E-state index in [9.17, 15) is 0 Å². The Morgan fingerprint density at radius 1 is 1.33 bits per heavy atom. The summed E-state index contributed by atoms with van der Waals surface area (Å²) < 4.78 is 6.46. The fourth-order valence-electron chi connectivity index (χ4n) is 2.03. The number of nitrogens with zero attached hydrogens (tertiary/aromatic N) is 2. The van der Waals surface area contributed by atoms with Gasteiger partial charge in [-0.1, -0.05) is 24.9 Å². The van der Waals surface area contributed by atoms with Crippen LogP contribution in [0.3, 0.4) is 0 Å². The number of benzene rings is 1. The molecule has 1 aromatic carbocycles. The number of nitrogens with one attached hydrogen (secondary N) is 1. The van der Waals surface area contributed by atoms with E-state index in [1.54, 1.807) is 13.2 Å². The minimum atomic E-state index is 0.628. The van der Waals surface area contributed by atoms with Crippen LogP contribution in [0.1, 0.15) is 19.0 Å². The first-order chi connectivity index (χ1) is 10.1. The minimum absolute atomic E-state index is 0.628. The van der Waals surface area contributed by atoms with Crippen molar-refractivity contribution in [3.8, 4) is 17.1 Å². The summed E-state index contributed by atoms with van der Waals surface area (Å²) in [6, 6.07) is 5.48. The fourth-order valence-corrected chi connectivity index (χ4v) is 2.97. The Labute approximate surface area is 143 Å². The topological polar surface area (TPSA) is 47.0 Å². The van der Waals surface area contributed by atoms with Gasteiger partial charge < -0.3 is 10.1 Å². The van der Waals surface area contributed by atoms with E-state index in [-0.39, 0.29) is 0 Å². The molecule has 1 heterocycles. The molecule has 0 saturated carbocycles. The van der Waals surface area contributed by atoms with E-state index in [1.165, 1.54) is 0 Å². The van der Waals surface area contributed by atoms with Crippen LogP contribution in [0.5, 0.6) is 5.75 Å². The van der Waals surface area contributed by atoms with Gasteiger partial charge in [0.1, 0.15) is 11.6 Å². The normalized spacial score (nSPS) is 10.5. The predicted octanol–water partition coefficient (Wildman–Crippen LogP) is 4.40. The Hall–Kier alpha value is -1.08. The number of ether oxygens (including phenoxy) is 1. The summed E-state index contributed by atoms with van der Waals surface area (Å²) in [5.41, 5.74) is 1.89. The third-order valence-electron chi connectivity index (χ3n) is 3.05. The van der Waals surface area contributed by atoms with Crippen LogP contribution >= 0.6 is 34.2 Å². The van der Waals surface area contributed by atoms with Crippen LogP contribution in [0.2, 0.25) is 5.02 Å². The lowest BCUT2D eigenvalue weighted by Gasteiger charge is -2.13. The summed E-state index contributed by atoms with van der Waals surface area (Å²) in [6.45, 7) is 2.14. The van der Waals surface area contributed by atoms with Crippen LogP contribution < -0.4 is 10.1 Å². The molecule has 0 amide bonds. The molecule has 1 aromatic heterocycles. The van der Waals surface area contributed by atoms with Gasteiger partial charge in [-0.15, -0.1) is 0 Å². The summed E-state index contributed by atoms with van der Waals surface area (Å²) in [5.74, 6) is 2.16. The largest absolute Gasteiger partial charge is 0.496 e. The number of aromatic nitrogens is 2. The molecule has 0 aliphatic carbocycles. The first-order valence-corrected chi connectivity index (χ1v) is 8.14. The number of hydrogen-bond donors (Lipinski definition) is 1. The summed E-state index contributed by atoms with van der Waals surface area (Å²) in [4.78, 5) is 9.29. The highest BCUT2D eigenvalue weighted by Crippen LogP contribution is 2.32. The van der Waals surface area contributed by atoms with Gasteiger partial charge >= 0.3 is 0 Å². The maximum Gasteiger partial charge on any atom is 0.165 e. The van der Waals surface area contributed by atoms with Gasteiger partial charge in [0.25, 0.3) is 0 Å². The first kappa shape index (κ1) is 16.3. The lowest BCUT2D eigenvalue weighted by Crippen LogP contribution is -2.06. The molecule has 0 atom stereocenters. The second kappa shape index (κ2) is 7.26. The Bertz CT molecular complexity index is 649. The lowest BCUT2D eigenvalue weighted by molar-refractivity contribution is 0.416. The van der Waals surface area contributed by atoms with Crippen LogP contribution in [0.15, 0.2) is 18.2 Å². The van der Waals surface area contributed by atoms with E-state index in [0.29, 0.717) is 16.6 Å². The molecule has 112 valence electrons. The average molecular weight is 418 g/mol. The molecule has 0 fully saturated rings. The molecule has 6 heteroatoms. The minimum Gasteiger partial charge on any atom is -0.496 e. The standard InChI is InChI=1S/C15H17ClIN3O/c1-4-5-11-13(17)15(18-2)20-14(19-11)10-7-6-9(16)8-12(10)21-3/h6-8H,4-5H2,1-3H3,(H,18,19,20). The van der Waals surface area contributed by atoms with E-state index in [0.717, 1.165) is 33.5 Å². The number of rotatable bonds is 5. The molecular weight excluding hydrogens is 401 g/mol. The highest BCUT2D eigenvalue weighted by Gasteiger charge is 2.15. The van der Waals surface area contributed by atoms with Crippen LogP contribution in [0.25, 0.3) is 11.4 Å². The molecule has 21 heavy (non-hydrogen) atoms. The van der Waals surface area contributed by atoms with Crippen LogP contribution in [-0.4, -0.2) is 24.1 Å². The van der Waals surface area contributed by atoms with Crippen molar-refractivity contribution in [2.75, 3.05) is 19.5 Å². The van der Waals surface area contributed by atoms with Crippen molar-refractivity contribution < 1.29 is 4.74 Å². The number of aryl methyl sites for hydroxylation is 1.